The van der Waals surface area contributed by atoms with Gasteiger partial charge in [-0.3, -0.25) is 9.59 Å². The molecule has 0 heterocycles. The number of hydrogen-bond acceptors (Lipinski definition) is 3. The Morgan fingerprint density at radius 2 is 1.50 bits per heavy atom. The van der Waals surface area contributed by atoms with Crippen LogP contribution in [0.1, 0.15) is 104 Å². The Morgan fingerprint density at radius 1 is 0.857 bits per heavy atom. The van der Waals surface area contributed by atoms with Gasteiger partial charge in [-0.1, -0.05) is 84.5 Å². The molecule has 162 valence electrons. The summed E-state index contributed by atoms with van der Waals surface area (Å²) in [5.74, 6) is -0.308. The summed E-state index contributed by atoms with van der Waals surface area (Å²) < 4.78 is 5.69. The molecule has 0 radical (unpaired) electrons. The first kappa shape index (κ1) is 23.2. The van der Waals surface area contributed by atoms with Gasteiger partial charge in [0, 0.05) is 0 Å². The second-order valence-corrected chi connectivity index (χ2v) is 9.33. The van der Waals surface area contributed by atoms with Crippen LogP contribution in [0, 0.1) is 29.6 Å². The number of aliphatic carboxylic acids is 1. The minimum absolute atomic E-state index is 0.266. The molecule has 2 aliphatic rings. The topological polar surface area (TPSA) is 63.6 Å². The molecule has 2 aliphatic carbocycles. The molecule has 0 spiro atoms. The Bertz CT molecular complexity index is 475. The van der Waals surface area contributed by atoms with Crippen LogP contribution in [-0.4, -0.2) is 23.7 Å². The van der Waals surface area contributed by atoms with Gasteiger partial charge in [-0.25, -0.2) is 0 Å². The van der Waals surface area contributed by atoms with Gasteiger partial charge in [0.1, 0.15) is 0 Å². The number of carboxylic acids is 1. The van der Waals surface area contributed by atoms with E-state index in [1.807, 2.05) is 0 Å². The van der Waals surface area contributed by atoms with Crippen molar-refractivity contribution < 1.29 is 19.4 Å². The van der Waals surface area contributed by atoms with E-state index in [2.05, 4.69) is 13.8 Å². The molecule has 0 aliphatic heterocycles. The number of carbonyl (C=O) groups excluding carboxylic acids is 1. The molecule has 0 bridgehead atoms. The highest BCUT2D eigenvalue weighted by Crippen LogP contribution is 2.38. The molecule has 0 saturated heterocycles. The minimum Gasteiger partial charge on any atom is -0.481 e. The molecule has 28 heavy (non-hydrogen) atoms. The van der Waals surface area contributed by atoms with E-state index < -0.39 is 17.8 Å². The van der Waals surface area contributed by atoms with Gasteiger partial charge in [-0.05, 0) is 37.0 Å². The van der Waals surface area contributed by atoms with E-state index >= 15 is 0 Å². The number of hydrogen-bond donors (Lipinski definition) is 1. The summed E-state index contributed by atoms with van der Waals surface area (Å²) >= 11 is 0. The van der Waals surface area contributed by atoms with Crippen LogP contribution in [0.2, 0.25) is 0 Å². The predicted molar refractivity (Wildman–Crippen MR) is 112 cm³/mol. The second kappa shape index (κ2) is 12.5. The van der Waals surface area contributed by atoms with Crippen molar-refractivity contribution in [1.82, 2.24) is 0 Å². The van der Waals surface area contributed by atoms with Crippen LogP contribution < -0.4 is 0 Å². The first-order valence-corrected chi connectivity index (χ1v) is 11.9. The van der Waals surface area contributed by atoms with Gasteiger partial charge in [0.15, 0.2) is 0 Å². The summed E-state index contributed by atoms with van der Waals surface area (Å²) in [6.07, 6.45) is 16.2. The molecule has 5 atom stereocenters. The largest absolute Gasteiger partial charge is 0.481 e. The van der Waals surface area contributed by atoms with Crippen molar-refractivity contribution in [2.24, 2.45) is 29.6 Å². The zero-order chi connectivity index (χ0) is 20.4. The third-order valence-corrected chi connectivity index (χ3v) is 7.39. The van der Waals surface area contributed by atoms with Crippen molar-refractivity contribution in [3.05, 3.63) is 0 Å². The SMILES string of the molecule is CCCCCCCCC1CCCC(COC(=O)C2CCCCC2C(=O)O)C1C. The highest BCUT2D eigenvalue weighted by Gasteiger charge is 2.38. The third-order valence-electron chi connectivity index (χ3n) is 7.39. The van der Waals surface area contributed by atoms with Gasteiger partial charge < -0.3 is 9.84 Å². The molecule has 2 rings (SSSR count). The van der Waals surface area contributed by atoms with Crippen molar-refractivity contribution in [3.63, 3.8) is 0 Å². The Hall–Kier alpha value is -1.06. The maximum atomic E-state index is 12.6. The highest BCUT2D eigenvalue weighted by molar-refractivity contribution is 5.81. The fraction of sp³-hybridized carbons (Fsp3) is 0.917. The molecule has 4 heteroatoms. The summed E-state index contributed by atoms with van der Waals surface area (Å²) in [6.45, 7) is 5.07. The number of ether oxygens (including phenoxy) is 1. The van der Waals surface area contributed by atoms with Gasteiger partial charge in [-0.2, -0.15) is 0 Å². The first-order chi connectivity index (χ1) is 13.5. The van der Waals surface area contributed by atoms with E-state index in [1.54, 1.807) is 0 Å². The maximum Gasteiger partial charge on any atom is 0.309 e. The molecule has 0 aromatic carbocycles. The first-order valence-electron chi connectivity index (χ1n) is 11.9. The lowest BCUT2D eigenvalue weighted by atomic mass is 9.71. The van der Waals surface area contributed by atoms with Crippen molar-refractivity contribution in [1.29, 1.82) is 0 Å². The van der Waals surface area contributed by atoms with Gasteiger partial charge in [-0.15, -0.1) is 0 Å². The van der Waals surface area contributed by atoms with Crippen molar-refractivity contribution in [2.45, 2.75) is 104 Å². The lowest BCUT2D eigenvalue weighted by molar-refractivity contribution is -0.161. The molecule has 1 N–H and O–H groups in total. The zero-order valence-corrected chi connectivity index (χ0v) is 18.2. The van der Waals surface area contributed by atoms with E-state index in [0.717, 1.165) is 25.2 Å². The molecular formula is C24H42O4. The molecule has 0 amide bonds. The van der Waals surface area contributed by atoms with Crippen molar-refractivity contribution in [2.75, 3.05) is 6.61 Å². The monoisotopic (exact) mass is 394 g/mol. The quantitative estimate of drug-likeness (QED) is 0.333. The number of carboxylic acid groups (broad SMARTS) is 1. The summed E-state index contributed by atoms with van der Waals surface area (Å²) in [5.41, 5.74) is 0. The maximum absolute atomic E-state index is 12.6. The van der Waals surface area contributed by atoms with Gasteiger partial charge >= 0.3 is 11.9 Å². The van der Waals surface area contributed by atoms with Crippen LogP contribution >= 0.6 is 0 Å². The van der Waals surface area contributed by atoms with Crippen LogP contribution in [0.25, 0.3) is 0 Å². The van der Waals surface area contributed by atoms with Crippen LogP contribution in [0.4, 0.5) is 0 Å². The molecule has 0 aromatic rings. The standard InChI is InChI=1S/C24H42O4/c1-3-4-5-6-7-8-12-19-13-11-14-20(18(19)2)17-28-24(27)22-16-10-9-15-21(22)23(25)26/h18-22H,3-17H2,1-2H3,(H,25,26). The molecule has 2 fully saturated rings. The Labute approximate surface area is 171 Å². The normalized spacial score (nSPS) is 30.7. The number of rotatable bonds is 11. The molecule has 4 nitrogen and oxygen atoms in total. The molecule has 2 saturated carbocycles. The van der Waals surface area contributed by atoms with Crippen LogP contribution in [0.3, 0.4) is 0 Å². The average molecular weight is 395 g/mol. The number of unbranched alkanes of at least 4 members (excludes halogenated alkanes) is 5. The summed E-state index contributed by atoms with van der Waals surface area (Å²) in [4.78, 5) is 24.0. The Balaban J connectivity index is 1.73. The fourth-order valence-electron chi connectivity index (χ4n) is 5.39. The third kappa shape index (κ3) is 7.08. The van der Waals surface area contributed by atoms with Crippen LogP contribution in [0.15, 0.2) is 0 Å². The number of esters is 1. The Morgan fingerprint density at radius 3 is 2.21 bits per heavy atom. The lowest BCUT2D eigenvalue weighted by Gasteiger charge is -2.36. The molecular weight excluding hydrogens is 352 g/mol. The Kier molecular flexibility index (Phi) is 10.4. The highest BCUT2D eigenvalue weighted by atomic mass is 16.5. The van der Waals surface area contributed by atoms with E-state index in [1.165, 1.54) is 57.8 Å². The van der Waals surface area contributed by atoms with E-state index in [0.29, 0.717) is 31.3 Å². The summed E-state index contributed by atoms with van der Waals surface area (Å²) in [7, 11) is 0. The summed E-state index contributed by atoms with van der Waals surface area (Å²) in [5, 5.41) is 9.39. The smallest absolute Gasteiger partial charge is 0.309 e. The van der Waals surface area contributed by atoms with Crippen molar-refractivity contribution in [3.8, 4) is 0 Å². The lowest BCUT2D eigenvalue weighted by Crippen LogP contribution is -2.36. The fourth-order valence-corrected chi connectivity index (χ4v) is 5.39. The molecule has 5 unspecified atom stereocenters. The van der Waals surface area contributed by atoms with Crippen molar-refractivity contribution >= 4 is 11.9 Å². The van der Waals surface area contributed by atoms with Crippen LogP contribution in [0.5, 0.6) is 0 Å². The predicted octanol–water partition coefficient (Wildman–Crippen LogP) is 6.22. The van der Waals surface area contributed by atoms with Gasteiger partial charge in [0.2, 0.25) is 0 Å². The van der Waals surface area contributed by atoms with Gasteiger partial charge in [0.25, 0.3) is 0 Å². The molecule has 0 aromatic heterocycles. The van der Waals surface area contributed by atoms with Crippen LogP contribution in [-0.2, 0) is 14.3 Å². The van der Waals surface area contributed by atoms with Gasteiger partial charge in [0.05, 0.1) is 18.4 Å². The second-order valence-electron chi connectivity index (χ2n) is 9.33. The van der Waals surface area contributed by atoms with E-state index in [-0.39, 0.29) is 5.97 Å². The minimum atomic E-state index is -0.841. The summed E-state index contributed by atoms with van der Waals surface area (Å²) in [6, 6.07) is 0. The van der Waals surface area contributed by atoms with E-state index in [9.17, 15) is 14.7 Å². The average Bonchev–Trinajstić information content (AvgIpc) is 2.70. The zero-order valence-electron chi connectivity index (χ0n) is 18.2. The van der Waals surface area contributed by atoms with E-state index in [4.69, 9.17) is 4.74 Å². The number of carbonyl (C=O) groups is 2.